The highest BCUT2D eigenvalue weighted by atomic mass is 35.5. The molecule has 1 aromatic rings. The van der Waals surface area contributed by atoms with E-state index in [1.807, 2.05) is 26.0 Å². The van der Waals surface area contributed by atoms with Gasteiger partial charge in [-0.25, -0.2) is 0 Å². The Morgan fingerprint density at radius 2 is 2.20 bits per heavy atom. The molecule has 3 heteroatoms. The smallest absolute Gasteiger partial charge is 0.163 e. The van der Waals surface area contributed by atoms with Gasteiger partial charge in [0.05, 0.1) is 0 Å². The first-order valence-electron chi connectivity index (χ1n) is 5.04. The van der Waals surface area contributed by atoms with Crippen LogP contribution < -0.4 is 5.73 Å². The Bertz CT molecular complexity index is 363. The van der Waals surface area contributed by atoms with Gasteiger partial charge in [-0.15, -0.1) is 0 Å². The molecule has 0 saturated heterocycles. The van der Waals surface area contributed by atoms with Gasteiger partial charge in [0, 0.05) is 17.0 Å². The van der Waals surface area contributed by atoms with Crippen LogP contribution in [0.25, 0.3) is 0 Å². The molecular weight excluding hydrogens is 210 g/mol. The van der Waals surface area contributed by atoms with Crippen molar-refractivity contribution in [3.8, 4) is 0 Å². The zero-order chi connectivity index (χ0) is 11.4. The number of hydrogen-bond donors (Lipinski definition) is 1. The molecule has 0 radical (unpaired) electrons. The van der Waals surface area contributed by atoms with Gasteiger partial charge in [-0.2, -0.15) is 0 Å². The first-order valence-corrected chi connectivity index (χ1v) is 5.41. The van der Waals surface area contributed by atoms with E-state index in [1.165, 1.54) is 0 Å². The first-order chi connectivity index (χ1) is 7.04. The van der Waals surface area contributed by atoms with E-state index in [4.69, 9.17) is 17.3 Å². The van der Waals surface area contributed by atoms with Crippen LogP contribution in [0.5, 0.6) is 0 Å². The van der Waals surface area contributed by atoms with Crippen molar-refractivity contribution in [2.24, 2.45) is 11.7 Å². The lowest BCUT2D eigenvalue weighted by Gasteiger charge is -2.07. The minimum Gasteiger partial charge on any atom is -0.330 e. The predicted molar refractivity (Wildman–Crippen MR) is 63.4 cm³/mol. The van der Waals surface area contributed by atoms with Crippen LogP contribution in [-0.2, 0) is 0 Å². The Morgan fingerprint density at radius 1 is 1.53 bits per heavy atom. The summed E-state index contributed by atoms with van der Waals surface area (Å²) >= 11 is 5.95. The number of ketones is 1. The van der Waals surface area contributed by atoms with E-state index in [-0.39, 0.29) is 11.7 Å². The Morgan fingerprint density at radius 3 is 2.73 bits per heavy atom. The fraction of sp³-hybridized carbons (Fsp3) is 0.417. The van der Waals surface area contributed by atoms with Crippen molar-refractivity contribution < 1.29 is 4.79 Å². The molecule has 15 heavy (non-hydrogen) atoms. The van der Waals surface area contributed by atoms with Gasteiger partial charge >= 0.3 is 0 Å². The molecule has 0 amide bonds. The maximum absolute atomic E-state index is 11.8. The van der Waals surface area contributed by atoms with E-state index < -0.39 is 0 Å². The molecule has 0 spiro atoms. The van der Waals surface area contributed by atoms with Crippen molar-refractivity contribution >= 4 is 17.4 Å². The van der Waals surface area contributed by atoms with Gasteiger partial charge < -0.3 is 5.73 Å². The maximum atomic E-state index is 11.8. The summed E-state index contributed by atoms with van der Waals surface area (Å²) in [5.41, 5.74) is 7.13. The summed E-state index contributed by atoms with van der Waals surface area (Å²) < 4.78 is 0. The van der Waals surface area contributed by atoms with Gasteiger partial charge in [0.2, 0.25) is 0 Å². The molecule has 0 aromatic heterocycles. The lowest BCUT2D eigenvalue weighted by molar-refractivity contribution is 0.0966. The quantitative estimate of drug-likeness (QED) is 0.801. The molecule has 0 bridgehead atoms. The van der Waals surface area contributed by atoms with Gasteiger partial charge in [-0.05, 0) is 31.0 Å². The minimum absolute atomic E-state index is 0.106. The Labute approximate surface area is 95.4 Å². The third kappa shape index (κ3) is 3.33. The van der Waals surface area contributed by atoms with Crippen LogP contribution in [0.1, 0.15) is 29.3 Å². The third-order valence-electron chi connectivity index (χ3n) is 2.43. The van der Waals surface area contributed by atoms with E-state index in [0.29, 0.717) is 23.6 Å². The van der Waals surface area contributed by atoms with Gasteiger partial charge in [0.15, 0.2) is 5.78 Å². The molecule has 1 aromatic carbocycles. The average Bonchev–Trinajstić information content (AvgIpc) is 2.21. The molecule has 1 unspecified atom stereocenters. The molecule has 82 valence electrons. The van der Waals surface area contributed by atoms with Gasteiger partial charge in [-0.1, -0.05) is 30.7 Å². The minimum atomic E-state index is 0.106. The lowest BCUT2D eigenvalue weighted by Crippen LogP contribution is -2.15. The Hall–Kier alpha value is -0.860. The van der Waals surface area contributed by atoms with Crippen molar-refractivity contribution in [2.45, 2.75) is 20.3 Å². The SMILES string of the molecule is Cc1ccc(C(=O)CC(C)CN)cc1Cl. The van der Waals surface area contributed by atoms with E-state index in [1.54, 1.807) is 6.07 Å². The number of nitrogens with two attached hydrogens (primary N) is 1. The summed E-state index contributed by atoms with van der Waals surface area (Å²) in [5, 5.41) is 0.640. The first kappa shape index (κ1) is 12.2. The van der Waals surface area contributed by atoms with E-state index >= 15 is 0 Å². The van der Waals surface area contributed by atoms with Gasteiger partial charge in [0.1, 0.15) is 0 Å². The molecule has 1 rings (SSSR count). The fourth-order valence-electron chi connectivity index (χ4n) is 1.28. The number of carbonyl (C=O) groups excluding carboxylic acids is 1. The summed E-state index contributed by atoms with van der Waals surface area (Å²) in [6.45, 7) is 4.41. The molecule has 1 atom stereocenters. The van der Waals surface area contributed by atoms with E-state index in [9.17, 15) is 4.79 Å². The van der Waals surface area contributed by atoms with Gasteiger partial charge in [-0.3, -0.25) is 4.79 Å². The maximum Gasteiger partial charge on any atom is 0.163 e. The second-order valence-corrected chi connectivity index (χ2v) is 4.34. The molecule has 0 fully saturated rings. The van der Waals surface area contributed by atoms with Crippen molar-refractivity contribution in [1.82, 2.24) is 0 Å². The highest BCUT2D eigenvalue weighted by Gasteiger charge is 2.10. The van der Waals surface area contributed by atoms with E-state index in [0.717, 1.165) is 5.56 Å². The number of hydrogen-bond acceptors (Lipinski definition) is 2. The van der Waals surface area contributed by atoms with Crippen molar-refractivity contribution in [3.63, 3.8) is 0 Å². The summed E-state index contributed by atoms with van der Waals surface area (Å²) in [7, 11) is 0. The number of aryl methyl sites for hydroxylation is 1. The van der Waals surface area contributed by atoms with Crippen LogP contribution in [-0.4, -0.2) is 12.3 Å². The molecule has 0 saturated carbocycles. The second-order valence-electron chi connectivity index (χ2n) is 3.93. The highest BCUT2D eigenvalue weighted by Crippen LogP contribution is 2.18. The van der Waals surface area contributed by atoms with Crippen LogP contribution in [0, 0.1) is 12.8 Å². The largest absolute Gasteiger partial charge is 0.330 e. The number of rotatable bonds is 4. The zero-order valence-electron chi connectivity index (χ0n) is 9.09. The van der Waals surface area contributed by atoms with Gasteiger partial charge in [0.25, 0.3) is 0 Å². The summed E-state index contributed by atoms with van der Waals surface area (Å²) in [5.74, 6) is 0.326. The topological polar surface area (TPSA) is 43.1 Å². The van der Waals surface area contributed by atoms with Crippen LogP contribution >= 0.6 is 11.6 Å². The molecular formula is C12H16ClNO. The Balaban J connectivity index is 2.78. The normalized spacial score (nSPS) is 12.5. The van der Waals surface area contributed by atoms with Crippen molar-refractivity contribution in [1.29, 1.82) is 0 Å². The second kappa shape index (κ2) is 5.29. The van der Waals surface area contributed by atoms with Crippen molar-refractivity contribution in [2.75, 3.05) is 6.54 Å². The van der Waals surface area contributed by atoms with E-state index in [2.05, 4.69) is 0 Å². The van der Waals surface area contributed by atoms with Crippen LogP contribution in [0.4, 0.5) is 0 Å². The Kier molecular flexibility index (Phi) is 4.30. The van der Waals surface area contributed by atoms with Crippen LogP contribution in [0.15, 0.2) is 18.2 Å². The molecule has 2 nitrogen and oxygen atoms in total. The monoisotopic (exact) mass is 225 g/mol. The summed E-state index contributed by atoms with van der Waals surface area (Å²) in [6, 6.07) is 5.40. The molecule has 0 aliphatic carbocycles. The predicted octanol–water partition coefficient (Wildman–Crippen LogP) is 2.82. The van der Waals surface area contributed by atoms with Crippen LogP contribution in [0.3, 0.4) is 0 Å². The number of carbonyl (C=O) groups is 1. The number of Topliss-reactive ketones (excluding diaryl/α,β-unsaturated/α-hetero) is 1. The van der Waals surface area contributed by atoms with Crippen LogP contribution in [0.2, 0.25) is 5.02 Å². The number of halogens is 1. The number of benzene rings is 1. The fourth-order valence-corrected chi connectivity index (χ4v) is 1.46. The standard InChI is InChI=1S/C12H16ClNO/c1-8(7-14)5-12(15)10-4-3-9(2)11(13)6-10/h3-4,6,8H,5,7,14H2,1-2H3. The lowest BCUT2D eigenvalue weighted by atomic mass is 9.99. The highest BCUT2D eigenvalue weighted by molar-refractivity contribution is 6.31. The molecule has 2 N–H and O–H groups in total. The molecule has 0 heterocycles. The average molecular weight is 226 g/mol. The van der Waals surface area contributed by atoms with Crippen molar-refractivity contribution in [3.05, 3.63) is 34.3 Å². The summed E-state index contributed by atoms with van der Waals surface area (Å²) in [4.78, 5) is 11.8. The molecule has 0 aliphatic rings. The zero-order valence-corrected chi connectivity index (χ0v) is 9.84. The molecule has 0 aliphatic heterocycles. The summed E-state index contributed by atoms with van der Waals surface area (Å²) in [6.07, 6.45) is 0.482. The third-order valence-corrected chi connectivity index (χ3v) is 2.84.